The molecule has 0 radical (unpaired) electrons. The summed E-state index contributed by atoms with van der Waals surface area (Å²) in [6.07, 6.45) is 2.29. The fourth-order valence-electron chi connectivity index (χ4n) is 3.40. The van der Waals surface area contributed by atoms with Crippen LogP contribution < -0.4 is 5.32 Å². The molecule has 1 amide bonds. The smallest absolute Gasteiger partial charge is 0.254 e. The van der Waals surface area contributed by atoms with Gasteiger partial charge in [-0.3, -0.25) is 4.79 Å². The molecule has 2 atom stereocenters. The fourth-order valence-corrected chi connectivity index (χ4v) is 3.99. The molecular formula is C16H22ClIN2O. The van der Waals surface area contributed by atoms with Gasteiger partial charge in [0.2, 0.25) is 0 Å². The van der Waals surface area contributed by atoms with Gasteiger partial charge < -0.3 is 10.2 Å². The van der Waals surface area contributed by atoms with E-state index in [4.69, 9.17) is 0 Å². The van der Waals surface area contributed by atoms with Gasteiger partial charge in [0, 0.05) is 16.7 Å². The molecule has 116 valence electrons. The van der Waals surface area contributed by atoms with Crippen LogP contribution in [0.2, 0.25) is 0 Å². The molecule has 1 aromatic carbocycles. The molecule has 2 saturated heterocycles. The first-order chi connectivity index (χ1) is 9.66. The largest absolute Gasteiger partial charge is 0.339 e. The van der Waals surface area contributed by atoms with E-state index in [-0.39, 0.29) is 18.3 Å². The van der Waals surface area contributed by atoms with E-state index in [9.17, 15) is 4.79 Å². The van der Waals surface area contributed by atoms with Gasteiger partial charge in [0.1, 0.15) is 0 Å². The average Bonchev–Trinajstić information content (AvgIpc) is 2.80. The summed E-state index contributed by atoms with van der Waals surface area (Å²) in [6.45, 7) is 6.15. The number of nitrogens with zero attached hydrogens (tertiary/aromatic N) is 1. The highest BCUT2D eigenvalue weighted by Crippen LogP contribution is 2.28. The summed E-state index contributed by atoms with van der Waals surface area (Å²) in [5.41, 5.74) is 2.06. The molecule has 2 fully saturated rings. The summed E-state index contributed by atoms with van der Waals surface area (Å²) < 4.78 is 1.10. The van der Waals surface area contributed by atoms with Gasteiger partial charge in [-0.2, -0.15) is 0 Å². The molecule has 21 heavy (non-hydrogen) atoms. The molecule has 3 rings (SSSR count). The molecule has 0 aromatic heterocycles. The zero-order valence-electron chi connectivity index (χ0n) is 12.3. The lowest BCUT2D eigenvalue weighted by atomic mass is 9.92. The summed E-state index contributed by atoms with van der Waals surface area (Å²) in [5.74, 6) is 1.75. The van der Waals surface area contributed by atoms with Crippen molar-refractivity contribution in [2.24, 2.45) is 11.8 Å². The normalized spacial score (nSPS) is 25.0. The van der Waals surface area contributed by atoms with Crippen LogP contribution in [0.15, 0.2) is 18.2 Å². The molecule has 2 aliphatic heterocycles. The predicted octanol–water partition coefficient (Wildman–Crippen LogP) is 3.09. The average molecular weight is 421 g/mol. The quantitative estimate of drug-likeness (QED) is 0.708. The number of aryl methyl sites for hydroxylation is 1. The molecular weight excluding hydrogens is 399 g/mol. The Hall–Kier alpha value is -0.330. The van der Waals surface area contributed by atoms with E-state index in [1.54, 1.807) is 0 Å². The SMILES string of the molecule is Cc1cccc(C(=O)N2CC[C@@H]3CNC[C@@H]3CC2)c1I.Cl. The minimum Gasteiger partial charge on any atom is -0.339 e. The lowest BCUT2D eigenvalue weighted by Gasteiger charge is -2.22. The number of carbonyl (C=O) groups is 1. The number of hydrogen-bond acceptors (Lipinski definition) is 2. The topological polar surface area (TPSA) is 32.3 Å². The number of hydrogen-bond donors (Lipinski definition) is 1. The van der Waals surface area contributed by atoms with Gasteiger partial charge in [-0.15, -0.1) is 12.4 Å². The molecule has 2 aliphatic rings. The minimum atomic E-state index is 0. The second kappa shape index (κ2) is 7.29. The van der Waals surface area contributed by atoms with Crippen LogP contribution in [0.1, 0.15) is 28.8 Å². The highest BCUT2D eigenvalue weighted by molar-refractivity contribution is 14.1. The Bertz CT molecular complexity index is 509. The highest BCUT2D eigenvalue weighted by atomic mass is 127. The summed E-state index contributed by atoms with van der Waals surface area (Å²) in [4.78, 5) is 14.8. The van der Waals surface area contributed by atoms with Crippen molar-refractivity contribution >= 4 is 40.9 Å². The number of benzene rings is 1. The van der Waals surface area contributed by atoms with Crippen molar-refractivity contribution in [3.05, 3.63) is 32.9 Å². The van der Waals surface area contributed by atoms with E-state index in [1.165, 1.54) is 5.56 Å². The molecule has 0 unspecified atom stereocenters. The third kappa shape index (κ3) is 3.54. The minimum absolute atomic E-state index is 0. The second-order valence-corrected chi connectivity index (χ2v) is 7.06. The zero-order chi connectivity index (χ0) is 14.1. The van der Waals surface area contributed by atoms with Crippen molar-refractivity contribution in [2.45, 2.75) is 19.8 Å². The lowest BCUT2D eigenvalue weighted by Crippen LogP contribution is -2.33. The molecule has 1 aromatic rings. The fraction of sp³-hybridized carbons (Fsp3) is 0.562. The van der Waals surface area contributed by atoms with Crippen LogP contribution in [-0.2, 0) is 0 Å². The molecule has 2 heterocycles. The summed E-state index contributed by atoms with van der Waals surface area (Å²) in [6, 6.07) is 6.02. The second-order valence-electron chi connectivity index (χ2n) is 5.98. The summed E-state index contributed by atoms with van der Waals surface area (Å²) >= 11 is 2.30. The molecule has 0 saturated carbocycles. The first kappa shape index (κ1) is 17.0. The van der Waals surface area contributed by atoms with E-state index in [2.05, 4.69) is 45.8 Å². The van der Waals surface area contributed by atoms with E-state index in [1.807, 2.05) is 12.1 Å². The zero-order valence-corrected chi connectivity index (χ0v) is 15.2. The lowest BCUT2D eigenvalue weighted by molar-refractivity contribution is 0.0757. The number of fused-ring (bicyclic) bond motifs is 1. The van der Waals surface area contributed by atoms with Crippen molar-refractivity contribution in [3.8, 4) is 0 Å². The van der Waals surface area contributed by atoms with Crippen LogP contribution in [0.5, 0.6) is 0 Å². The van der Waals surface area contributed by atoms with E-state index >= 15 is 0 Å². The van der Waals surface area contributed by atoms with Crippen LogP contribution in [0.3, 0.4) is 0 Å². The molecule has 1 N–H and O–H groups in total. The van der Waals surface area contributed by atoms with Crippen LogP contribution in [0.4, 0.5) is 0 Å². The Kier molecular flexibility index (Phi) is 5.91. The number of amides is 1. The van der Waals surface area contributed by atoms with Gasteiger partial charge in [0.25, 0.3) is 5.91 Å². The Morgan fingerprint density at radius 1 is 1.24 bits per heavy atom. The van der Waals surface area contributed by atoms with Gasteiger partial charge in [-0.1, -0.05) is 12.1 Å². The monoisotopic (exact) mass is 420 g/mol. The van der Waals surface area contributed by atoms with Crippen LogP contribution in [0.25, 0.3) is 0 Å². The van der Waals surface area contributed by atoms with E-state index < -0.39 is 0 Å². The molecule has 0 aliphatic carbocycles. The third-order valence-corrected chi connectivity index (χ3v) is 6.16. The van der Waals surface area contributed by atoms with Crippen LogP contribution in [-0.4, -0.2) is 37.0 Å². The summed E-state index contributed by atoms with van der Waals surface area (Å²) in [7, 11) is 0. The number of likely N-dealkylation sites (tertiary alicyclic amines) is 1. The van der Waals surface area contributed by atoms with Crippen LogP contribution >= 0.6 is 35.0 Å². The molecule has 0 bridgehead atoms. The van der Waals surface area contributed by atoms with Crippen molar-refractivity contribution in [1.29, 1.82) is 0 Å². The Balaban J connectivity index is 0.00000161. The standard InChI is InChI=1S/C16H21IN2O.ClH/c1-11-3-2-4-14(15(11)17)16(20)19-7-5-12-9-18-10-13(12)6-8-19;/h2-4,12-13,18H,5-10H2,1H3;1H/t12-,13+;. The van der Waals surface area contributed by atoms with Gasteiger partial charge in [-0.25, -0.2) is 0 Å². The Morgan fingerprint density at radius 2 is 1.86 bits per heavy atom. The number of halogens is 2. The highest BCUT2D eigenvalue weighted by Gasteiger charge is 2.32. The first-order valence-corrected chi connectivity index (χ1v) is 8.50. The van der Waals surface area contributed by atoms with Crippen molar-refractivity contribution in [3.63, 3.8) is 0 Å². The number of rotatable bonds is 1. The van der Waals surface area contributed by atoms with Gasteiger partial charge in [0.15, 0.2) is 0 Å². The molecule has 3 nitrogen and oxygen atoms in total. The number of nitrogens with one attached hydrogen (secondary N) is 1. The number of carbonyl (C=O) groups excluding carboxylic acids is 1. The summed E-state index contributed by atoms with van der Waals surface area (Å²) in [5, 5.41) is 3.48. The van der Waals surface area contributed by atoms with Gasteiger partial charge in [-0.05, 0) is 78.9 Å². The Morgan fingerprint density at radius 3 is 2.48 bits per heavy atom. The van der Waals surface area contributed by atoms with Gasteiger partial charge >= 0.3 is 0 Å². The predicted molar refractivity (Wildman–Crippen MR) is 96.1 cm³/mol. The van der Waals surface area contributed by atoms with Crippen molar-refractivity contribution in [1.82, 2.24) is 10.2 Å². The Labute approximate surface area is 146 Å². The molecule has 5 heteroatoms. The van der Waals surface area contributed by atoms with Crippen molar-refractivity contribution in [2.75, 3.05) is 26.2 Å². The third-order valence-electron chi connectivity index (χ3n) is 4.73. The van der Waals surface area contributed by atoms with E-state index in [0.717, 1.165) is 60.0 Å². The van der Waals surface area contributed by atoms with E-state index in [0.29, 0.717) is 0 Å². The first-order valence-electron chi connectivity index (χ1n) is 7.42. The molecule has 0 spiro atoms. The maximum atomic E-state index is 12.8. The maximum Gasteiger partial charge on any atom is 0.254 e. The van der Waals surface area contributed by atoms with Crippen LogP contribution in [0, 0.1) is 22.3 Å². The van der Waals surface area contributed by atoms with Crippen molar-refractivity contribution < 1.29 is 4.79 Å². The van der Waals surface area contributed by atoms with Gasteiger partial charge in [0.05, 0.1) is 5.56 Å². The maximum absolute atomic E-state index is 12.8.